The maximum Gasteiger partial charge on any atom is 0.278 e. The van der Waals surface area contributed by atoms with Crippen LogP contribution in [0.2, 0.25) is 0 Å². The number of hydrogen-bond donors (Lipinski definition) is 1. The number of nitrogens with one attached hydrogen (secondary N) is 1. The van der Waals surface area contributed by atoms with Gasteiger partial charge in [0.25, 0.3) is 5.69 Å². The summed E-state index contributed by atoms with van der Waals surface area (Å²) >= 11 is 1.96. The Bertz CT molecular complexity index is 514. The molecule has 116 valence electrons. The molecular formula is C15H23N3O2S. The van der Waals surface area contributed by atoms with Crippen LogP contribution in [-0.2, 0) is 6.54 Å². The van der Waals surface area contributed by atoms with Crippen LogP contribution in [0.1, 0.15) is 42.5 Å². The number of nitrogens with zero attached hydrogens (tertiary/aromatic N) is 2. The van der Waals surface area contributed by atoms with Gasteiger partial charge >= 0.3 is 0 Å². The highest BCUT2D eigenvalue weighted by molar-refractivity contribution is 7.99. The molecule has 6 heteroatoms. The van der Waals surface area contributed by atoms with Crippen molar-refractivity contribution in [2.24, 2.45) is 0 Å². The Morgan fingerprint density at radius 3 is 2.62 bits per heavy atom. The summed E-state index contributed by atoms with van der Waals surface area (Å²) in [6.45, 7) is 4.14. The zero-order valence-corrected chi connectivity index (χ0v) is 13.7. The first-order chi connectivity index (χ1) is 10.0. The van der Waals surface area contributed by atoms with Crippen LogP contribution in [0.25, 0.3) is 0 Å². The van der Waals surface area contributed by atoms with E-state index in [1.807, 2.05) is 11.8 Å². The van der Waals surface area contributed by atoms with Gasteiger partial charge in [-0.25, -0.2) is 0 Å². The predicted octanol–water partition coefficient (Wildman–Crippen LogP) is 3.37. The van der Waals surface area contributed by atoms with E-state index in [1.54, 1.807) is 20.0 Å². The third-order valence-electron chi connectivity index (χ3n) is 4.32. The van der Waals surface area contributed by atoms with Crippen LogP contribution >= 0.6 is 11.8 Å². The van der Waals surface area contributed by atoms with Gasteiger partial charge in [-0.1, -0.05) is 0 Å². The normalized spacial score (nSPS) is 22.2. The van der Waals surface area contributed by atoms with E-state index in [0.29, 0.717) is 23.7 Å². The van der Waals surface area contributed by atoms with Crippen molar-refractivity contribution in [3.63, 3.8) is 0 Å². The van der Waals surface area contributed by atoms with Gasteiger partial charge in [0.15, 0.2) is 0 Å². The van der Waals surface area contributed by atoms with E-state index >= 15 is 0 Å². The van der Waals surface area contributed by atoms with E-state index in [4.69, 9.17) is 0 Å². The fraction of sp³-hybridized carbons (Fsp3) is 0.667. The molecular weight excluding hydrogens is 286 g/mol. The van der Waals surface area contributed by atoms with Crippen molar-refractivity contribution in [3.05, 3.63) is 33.1 Å². The molecule has 1 aromatic heterocycles. The van der Waals surface area contributed by atoms with Gasteiger partial charge in [-0.2, -0.15) is 11.8 Å². The van der Waals surface area contributed by atoms with Gasteiger partial charge in [-0.15, -0.1) is 0 Å². The first-order valence-corrected chi connectivity index (χ1v) is 8.67. The smallest absolute Gasteiger partial charge is 0.278 e. The molecule has 1 fully saturated rings. The second-order valence-electron chi connectivity index (χ2n) is 5.71. The van der Waals surface area contributed by atoms with Crippen molar-refractivity contribution in [2.45, 2.75) is 57.4 Å². The molecule has 0 aromatic carbocycles. The fourth-order valence-electron chi connectivity index (χ4n) is 2.97. The molecule has 0 spiro atoms. The number of pyridine rings is 1. The monoisotopic (exact) mass is 309 g/mol. The highest BCUT2D eigenvalue weighted by Gasteiger charge is 2.22. The maximum absolute atomic E-state index is 11.1. The summed E-state index contributed by atoms with van der Waals surface area (Å²) in [6, 6.07) is 0.509. The SMILES string of the molecule is CSC1CCC(NCc2ncc(C)c([N+](=O)[O-])c2C)CC1. The summed E-state index contributed by atoms with van der Waals surface area (Å²) in [5.41, 5.74) is 2.30. The molecule has 1 heterocycles. The van der Waals surface area contributed by atoms with Crippen molar-refractivity contribution < 1.29 is 4.92 Å². The lowest BCUT2D eigenvalue weighted by Gasteiger charge is -2.28. The molecule has 0 unspecified atom stereocenters. The molecule has 21 heavy (non-hydrogen) atoms. The first kappa shape index (κ1) is 16.2. The molecule has 0 radical (unpaired) electrons. The maximum atomic E-state index is 11.1. The van der Waals surface area contributed by atoms with Gasteiger partial charge in [0, 0.05) is 35.2 Å². The van der Waals surface area contributed by atoms with Gasteiger partial charge in [-0.3, -0.25) is 15.1 Å². The standard InChI is InChI=1S/C15H23N3O2S/c1-10-8-17-14(11(2)15(10)18(19)20)9-16-12-4-6-13(21-3)7-5-12/h8,12-13,16H,4-7,9H2,1-3H3. The van der Waals surface area contributed by atoms with E-state index in [9.17, 15) is 10.1 Å². The molecule has 1 aliphatic rings. The number of aromatic nitrogens is 1. The van der Waals surface area contributed by atoms with Crippen LogP contribution in [0.15, 0.2) is 6.20 Å². The second-order valence-corrected chi connectivity index (χ2v) is 6.85. The van der Waals surface area contributed by atoms with Crippen molar-refractivity contribution >= 4 is 17.4 Å². The third kappa shape index (κ3) is 3.95. The second kappa shape index (κ2) is 7.22. The third-order valence-corrected chi connectivity index (χ3v) is 5.46. The molecule has 1 aromatic rings. The molecule has 5 nitrogen and oxygen atoms in total. The topological polar surface area (TPSA) is 68.1 Å². The molecule has 1 N–H and O–H groups in total. The van der Waals surface area contributed by atoms with Crippen LogP contribution < -0.4 is 5.32 Å². The molecule has 2 rings (SSSR count). The van der Waals surface area contributed by atoms with Crippen LogP contribution in [0.3, 0.4) is 0 Å². The first-order valence-electron chi connectivity index (χ1n) is 7.38. The average Bonchev–Trinajstić information content (AvgIpc) is 2.46. The molecule has 1 aliphatic carbocycles. The summed E-state index contributed by atoms with van der Waals surface area (Å²) in [7, 11) is 0. The van der Waals surface area contributed by atoms with Crippen LogP contribution in [0.4, 0.5) is 5.69 Å². The Morgan fingerprint density at radius 2 is 2.05 bits per heavy atom. The molecule has 0 aliphatic heterocycles. The predicted molar refractivity (Wildman–Crippen MR) is 86.8 cm³/mol. The minimum absolute atomic E-state index is 0.202. The lowest BCUT2D eigenvalue weighted by atomic mass is 9.95. The molecule has 0 bridgehead atoms. The van der Waals surface area contributed by atoms with Crippen molar-refractivity contribution in [3.8, 4) is 0 Å². The molecule has 0 saturated heterocycles. The van der Waals surface area contributed by atoms with Crippen molar-refractivity contribution in [2.75, 3.05) is 6.26 Å². The Morgan fingerprint density at radius 1 is 1.38 bits per heavy atom. The van der Waals surface area contributed by atoms with Crippen LogP contribution in [-0.4, -0.2) is 27.5 Å². The molecule has 0 atom stereocenters. The van der Waals surface area contributed by atoms with E-state index in [0.717, 1.165) is 10.9 Å². The lowest BCUT2D eigenvalue weighted by Crippen LogP contribution is -2.33. The average molecular weight is 309 g/mol. The Kier molecular flexibility index (Phi) is 5.58. The van der Waals surface area contributed by atoms with Crippen molar-refractivity contribution in [1.82, 2.24) is 10.3 Å². The van der Waals surface area contributed by atoms with E-state index in [2.05, 4.69) is 16.6 Å². The summed E-state index contributed by atoms with van der Waals surface area (Å²) in [5, 5.41) is 15.4. The highest BCUT2D eigenvalue weighted by Crippen LogP contribution is 2.28. The fourth-order valence-corrected chi connectivity index (χ4v) is 3.71. The van der Waals surface area contributed by atoms with Gasteiger partial charge in [0.2, 0.25) is 0 Å². The summed E-state index contributed by atoms with van der Waals surface area (Å²) in [4.78, 5) is 15.2. The lowest BCUT2D eigenvalue weighted by molar-refractivity contribution is -0.386. The van der Waals surface area contributed by atoms with Crippen LogP contribution in [0, 0.1) is 24.0 Å². The van der Waals surface area contributed by atoms with Crippen LogP contribution in [0.5, 0.6) is 0 Å². The quantitative estimate of drug-likeness (QED) is 0.667. The van der Waals surface area contributed by atoms with E-state index < -0.39 is 0 Å². The molecule has 1 saturated carbocycles. The number of hydrogen-bond acceptors (Lipinski definition) is 5. The van der Waals surface area contributed by atoms with Gasteiger partial charge < -0.3 is 5.32 Å². The summed E-state index contributed by atoms with van der Waals surface area (Å²) in [6.07, 6.45) is 8.64. The zero-order chi connectivity index (χ0) is 15.4. The van der Waals surface area contributed by atoms with Gasteiger partial charge in [0.1, 0.15) is 0 Å². The highest BCUT2D eigenvalue weighted by atomic mass is 32.2. The Balaban J connectivity index is 1.98. The van der Waals surface area contributed by atoms with E-state index in [1.165, 1.54) is 25.7 Å². The summed E-state index contributed by atoms with van der Waals surface area (Å²) < 4.78 is 0. The summed E-state index contributed by atoms with van der Waals surface area (Å²) in [5.74, 6) is 0. The number of nitro groups is 1. The number of aryl methyl sites for hydroxylation is 1. The Labute approximate surface area is 130 Å². The number of rotatable bonds is 5. The minimum Gasteiger partial charge on any atom is -0.308 e. The van der Waals surface area contributed by atoms with Gasteiger partial charge in [0.05, 0.1) is 10.6 Å². The zero-order valence-electron chi connectivity index (χ0n) is 12.9. The Hall–Kier alpha value is -1.14. The van der Waals surface area contributed by atoms with E-state index in [-0.39, 0.29) is 10.6 Å². The molecule has 0 amide bonds. The van der Waals surface area contributed by atoms with Crippen molar-refractivity contribution in [1.29, 1.82) is 0 Å². The largest absolute Gasteiger partial charge is 0.308 e. The van der Waals surface area contributed by atoms with Gasteiger partial charge in [-0.05, 0) is 45.8 Å². The minimum atomic E-state index is -0.306. The number of thioether (sulfide) groups is 1.